The van der Waals surface area contributed by atoms with Crippen molar-refractivity contribution in [1.29, 1.82) is 10.5 Å². The first kappa shape index (κ1) is 22.1. The monoisotopic (exact) mass is 441 g/mol. The van der Waals surface area contributed by atoms with Crippen molar-refractivity contribution in [3.05, 3.63) is 108 Å². The standard InChI is InChI=1S/C29H23N3Si/c1-3-22-8-4-5-9-27(22)32(28-10-6-7-11-29(28)33-2)25-16-14-23(15-17-25)26-18-21(19-30)12-13-24(26)20-31/h4-18H,3H2,1-2H3. The van der Waals surface area contributed by atoms with Gasteiger partial charge < -0.3 is 4.90 Å². The molecule has 0 heterocycles. The van der Waals surface area contributed by atoms with E-state index in [-0.39, 0.29) is 0 Å². The number of hydrogen-bond acceptors (Lipinski definition) is 3. The maximum atomic E-state index is 9.56. The lowest BCUT2D eigenvalue weighted by Crippen LogP contribution is -2.23. The van der Waals surface area contributed by atoms with Crippen molar-refractivity contribution < 1.29 is 0 Å². The maximum Gasteiger partial charge on any atom is 0.0998 e. The summed E-state index contributed by atoms with van der Waals surface area (Å²) in [5, 5.41) is 20.2. The van der Waals surface area contributed by atoms with Gasteiger partial charge >= 0.3 is 0 Å². The van der Waals surface area contributed by atoms with Gasteiger partial charge in [0.2, 0.25) is 0 Å². The molecule has 3 nitrogen and oxygen atoms in total. The molecule has 0 aliphatic heterocycles. The number of anilines is 3. The van der Waals surface area contributed by atoms with Gasteiger partial charge in [0.05, 0.1) is 32.8 Å². The molecule has 158 valence electrons. The smallest absolute Gasteiger partial charge is 0.0998 e. The van der Waals surface area contributed by atoms with Crippen molar-refractivity contribution in [3.8, 4) is 23.3 Å². The van der Waals surface area contributed by atoms with Crippen LogP contribution < -0.4 is 10.1 Å². The predicted octanol–water partition coefficient (Wildman–Crippen LogP) is 6.51. The zero-order chi connectivity index (χ0) is 23.2. The third kappa shape index (κ3) is 4.43. The van der Waals surface area contributed by atoms with Crippen LogP contribution in [0.3, 0.4) is 0 Å². The molecule has 0 amide bonds. The van der Waals surface area contributed by atoms with Crippen LogP contribution in [0.25, 0.3) is 11.1 Å². The van der Waals surface area contributed by atoms with Crippen molar-refractivity contribution in [1.82, 2.24) is 0 Å². The number of aryl methyl sites for hydroxylation is 1. The zero-order valence-corrected chi connectivity index (χ0v) is 19.7. The highest BCUT2D eigenvalue weighted by molar-refractivity contribution is 6.54. The first-order valence-electron chi connectivity index (χ1n) is 10.9. The van der Waals surface area contributed by atoms with Crippen LogP contribution >= 0.6 is 0 Å². The zero-order valence-electron chi connectivity index (χ0n) is 18.7. The van der Waals surface area contributed by atoms with Gasteiger partial charge in [-0.15, -0.1) is 0 Å². The minimum Gasteiger partial charge on any atom is -0.310 e. The second kappa shape index (κ2) is 10.00. The van der Waals surface area contributed by atoms with Gasteiger partial charge in [-0.25, -0.2) is 0 Å². The van der Waals surface area contributed by atoms with E-state index in [1.807, 2.05) is 12.1 Å². The molecule has 0 N–H and O–H groups in total. The second-order valence-corrected chi connectivity index (χ2v) is 8.65. The third-order valence-electron chi connectivity index (χ3n) is 5.73. The Kier molecular flexibility index (Phi) is 6.69. The van der Waals surface area contributed by atoms with Gasteiger partial charge in [-0.05, 0) is 65.2 Å². The van der Waals surface area contributed by atoms with Crippen LogP contribution in [0.2, 0.25) is 6.55 Å². The van der Waals surface area contributed by atoms with E-state index < -0.39 is 0 Å². The summed E-state index contributed by atoms with van der Waals surface area (Å²) in [5.41, 5.74) is 7.49. The van der Waals surface area contributed by atoms with Crippen molar-refractivity contribution >= 4 is 31.8 Å². The van der Waals surface area contributed by atoms with Crippen LogP contribution in [0.4, 0.5) is 17.1 Å². The molecule has 4 aromatic rings. The Morgan fingerprint density at radius 2 is 1.48 bits per heavy atom. The van der Waals surface area contributed by atoms with Crippen molar-refractivity contribution in [2.45, 2.75) is 19.9 Å². The number of para-hydroxylation sites is 2. The number of nitriles is 2. The molecule has 0 aliphatic carbocycles. The lowest BCUT2D eigenvalue weighted by Gasteiger charge is -2.29. The van der Waals surface area contributed by atoms with Gasteiger partial charge in [0.25, 0.3) is 0 Å². The summed E-state index contributed by atoms with van der Waals surface area (Å²) in [6, 6.07) is 34.9. The normalized spacial score (nSPS) is 10.3. The number of hydrogen-bond donors (Lipinski definition) is 0. The Morgan fingerprint density at radius 1 is 0.788 bits per heavy atom. The molecular formula is C29H23N3Si. The maximum absolute atomic E-state index is 9.56. The van der Waals surface area contributed by atoms with E-state index in [4.69, 9.17) is 0 Å². The first-order valence-corrected chi connectivity index (χ1v) is 12.4. The Labute approximate surface area is 198 Å². The molecule has 0 spiro atoms. The molecule has 0 saturated heterocycles. The Morgan fingerprint density at radius 3 is 2.15 bits per heavy atom. The minimum absolute atomic E-state index is 0.546. The molecule has 0 unspecified atom stereocenters. The van der Waals surface area contributed by atoms with Crippen LogP contribution in [0.1, 0.15) is 23.6 Å². The summed E-state index contributed by atoms with van der Waals surface area (Å²) < 4.78 is 0. The quantitative estimate of drug-likeness (QED) is 0.321. The Balaban J connectivity index is 1.86. The van der Waals surface area contributed by atoms with Crippen LogP contribution in [0, 0.1) is 22.7 Å². The van der Waals surface area contributed by atoms with Gasteiger partial charge in [-0.2, -0.15) is 10.5 Å². The molecule has 2 radical (unpaired) electrons. The number of nitrogens with zero attached hydrogens (tertiary/aromatic N) is 3. The molecule has 4 rings (SSSR count). The van der Waals surface area contributed by atoms with Gasteiger partial charge in [0.15, 0.2) is 0 Å². The largest absolute Gasteiger partial charge is 0.310 e. The van der Waals surface area contributed by atoms with Crippen LogP contribution in [-0.2, 0) is 6.42 Å². The summed E-state index contributed by atoms with van der Waals surface area (Å²) in [6.45, 7) is 4.39. The minimum atomic E-state index is 0.546. The lowest BCUT2D eigenvalue weighted by atomic mass is 9.97. The molecule has 0 aliphatic rings. The Bertz CT molecular complexity index is 1310. The van der Waals surface area contributed by atoms with Crippen molar-refractivity contribution in [3.63, 3.8) is 0 Å². The molecule has 0 saturated carbocycles. The van der Waals surface area contributed by atoms with Crippen LogP contribution in [0.15, 0.2) is 91.0 Å². The average molecular weight is 442 g/mol. The highest BCUT2D eigenvalue weighted by atomic mass is 28.2. The topological polar surface area (TPSA) is 50.8 Å². The second-order valence-electron chi connectivity index (χ2n) is 7.62. The predicted molar refractivity (Wildman–Crippen MR) is 137 cm³/mol. The average Bonchev–Trinajstić information content (AvgIpc) is 2.89. The van der Waals surface area contributed by atoms with Gasteiger partial charge in [0, 0.05) is 22.6 Å². The van der Waals surface area contributed by atoms with Crippen molar-refractivity contribution in [2.75, 3.05) is 4.90 Å². The fourth-order valence-electron chi connectivity index (χ4n) is 4.06. The van der Waals surface area contributed by atoms with E-state index >= 15 is 0 Å². The summed E-state index contributed by atoms with van der Waals surface area (Å²) >= 11 is 0. The van der Waals surface area contributed by atoms with E-state index in [9.17, 15) is 10.5 Å². The molecule has 33 heavy (non-hydrogen) atoms. The van der Waals surface area contributed by atoms with E-state index in [0.717, 1.165) is 23.2 Å². The van der Waals surface area contributed by atoms with Crippen LogP contribution in [0.5, 0.6) is 0 Å². The lowest BCUT2D eigenvalue weighted by molar-refractivity contribution is 1.12. The fraction of sp³-hybridized carbons (Fsp3) is 0.103. The van der Waals surface area contributed by atoms with E-state index in [2.05, 4.69) is 91.2 Å². The summed E-state index contributed by atoms with van der Waals surface area (Å²) in [5.74, 6) is 0. The molecule has 4 heteroatoms. The summed E-state index contributed by atoms with van der Waals surface area (Å²) in [4.78, 5) is 2.32. The number of benzene rings is 4. The molecular weight excluding hydrogens is 418 g/mol. The van der Waals surface area contributed by atoms with Crippen LogP contribution in [-0.4, -0.2) is 9.52 Å². The summed E-state index contributed by atoms with van der Waals surface area (Å²) in [7, 11) is 0.672. The fourth-order valence-corrected chi connectivity index (χ4v) is 4.77. The molecule has 0 bridgehead atoms. The van der Waals surface area contributed by atoms with Gasteiger partial charge in [-0.1, -0.05) is 62.0 Å². The third-order valence-corrected chi connectivity index (χ3v) is 6.69. The van der Waals surface area contributed by atoms with E-state index in [1.54, 1.807) is 18.2 Å². The van der Waals surface area contributed by atoms with Gasteiger partial charge in [-0.3, -0.25) is 0 Å². The van der Waals surface area contributed by atoms with E-state index in [0.29, 0.717) is 20.6 Å². The molecule has 0 atom stereocenters. The molecule has 4 aromatic carbocycles. The van der Waals surface area contributed by atoms with Crippen molar-refractivity contribution in [2.24, 2.45) is 0 Å². The Hall–Kier alpha value is -4.12. The SMILES string of the molecule is CCc1ccccc1N(c1ccc(-c2cc(C#N)ccc2C#N)cc1)c1ccccc1[Si]C. The number of rotatable bonds is 6. The molecule has 0 fully saturated rings. The van der Waals surface area contributed by atoms with Gasteiger partial charge in [0.1, 0.15) is 0 Å². The van der Waals surface area contributed by atoms with E-state index in [1.165, 1.54) is 22.1 Å². The molecule has 0 aromatic heterocycles. The highest BCUT2D eigenvalue weighted by Gasteiger charge is 2.18. The first-order chi connectivity index (χ1) is 16.2. The highest BCUT2D eigenvalue weighted by Crippen LogP contribution is 2.37. The summed E-state index contributed by atoms with van der Waals surface area (Å²) in [6.07, 6.45) is 0.938.